The molecule has 0 radical (unpaired) electrons. The molecule has 27 heavy (non-hydrogen) atoms. The Morgan fingerprint density at radius 1 is 1.19 bits per heavy atom. The zero-order chi connectivity index (χ0) is 19.8. The van der Waals surface area contributed by atoms with Crippen molar-refractivity contribution in [3.8, 4) is 0 Å². The fraction of sp³-hybridized carbons (Fsp3) is 0.579. The second-order valence-electron chi connectivity index (χ2n) is 8.38. The van der Waals surface area contributed by atoms with E-state index in [1.54, 1.807) is 0 Å². The van der Waals surface area contributed by atoms with Gasteiger partial charge in [-0.15, -0.1) is 0 Å². The molecule has 3 heterocycles. The highest BCUT2D eigenvalue weighted by molar-refractivity contribution is 6.30. The highest BCUT2D eigenvalue weighted by Crippen LogP contribution is 2.31. The van der Waals surface area contributed by atoms with Crippen LogP contribution in [-0.2, 0) is 9.59 Å². The number of halogens is 2. The molecule has 2 atom stereocenters. The zero-order valence-electron chi connectivity index (χ0n) is 15.9. The lowest BCUT2D eigenvalue weighted by molar-refractivity contribution is -0.134. The average Bonchev–Trinajstić information content (AvgIpc) is 2.54. The number of anilines is 1. The molecule has 2 amide bonds. The molecular formula is C19H26ClFN4O2. The van der Waals surface area contributed by atoms with Gasteiger partial charge in [-0.05, 0) is 45.4 Å². The monoisotopic (exact) mass is 396 g/mol. The summed E-state index contributed by atoms with van der Waals surface area (Å²) < 4.78 is 13.7. The molecule has 3 aliphatic rings. The van der Waals surface area contributed by atoms with Gasteiger partial charge in [0, 0.05) is 35.7 Å². The van der Waals surface area contributed by atoms with E-state index in [9.17, 15) is 14.0 Å². The molecule has 0 spiro atoms. The Labute approximate surface area is 164 Å². The number of carbonyl (C=O) groups is 2. The summed E-state index contributed by atoms with van der Waals surface area (Å²) in [5.41, 5.74) is -0.147. The van der Waals surface area contributed by atoms with E-state index in [2.05, 4.69) is 20.4 Å². The third-order valence-electron chi connectivity index (χ3n) is 4.83. The summed E-state index contributed by atoms with van der Waals surface area (Å²) in [5.74, 6) is -0.750. The minimum absolute atomic E-state index is 0.0276. The molecule has 0 aliphatic carbocycles. The Bertz CT molecular complexity index is 725. The fourth-order valence-corrected chi connectivity index (χ4v) is 3.94. The van der Waals surface area contributed by atoms with Crippen LogP contribution in [0.3, 0.4) is 0 Å². The summed E-state index contributed by atoms with van der Waals surface area (Å²) in [4.78, 5) is 28.6. The summed E-state index contributed by atoms with van der Waals surface area (Å²) in [6.07, 6.45) is 1.05. The van der Waals surface area contributed by atoms with Crippen LogP contribution in [0.1, 0.15) is 27.2 Å². The average molecular weight is 397 g/mol. The van der Waals surface area contributed by atoms with Gasteiger partial charge < -0.3 is 10.6 Å². The number of hydrogen-bond donors (Lipinski definition) is 2. The van der Waals surface area contributed by atoms with E-state index in [1.165, 1.54) is 18.2 Å². The quantitative estimate of drug-likeness (QED) is 0.800. The number of fused-ring (bicyclic) bond motifs is 2. The molecule has 6 nitrogen and oxygen atoms in total. The van der Waals surface area contributed by atoms with Crippen molar-refractivity contribution in [1.29, 1.82) is 0 Å². The maximum absolute atomic E-state index is 13.7. The largest absolute Gasteiger partial charge is 0.350 e. The summed E-state index contributed by atoms with van der Waals surface area (Å²) in [6.45, 7) is 7.93. The predicted octanol–water partition coefficient (Wildman–Crippen LogP) is 2.09. The minimum Gasteiger partial charge on any atom is -0.350 e. The van der Waals surface area contributed by atoms with E-state index < -0.39 is 5.82 Å². The van der Waals surface area contributed by atoms with Gasteiger partial charge in [-0.1, -0.05) is 11.6 Å². The molecular weight excluding hydrogens is 371 g/mol. The number of carbonyl (C=O) groups excluding carboxylic acids is 2. The first-order valence-corrected chi connectivity index (χ1v) is 9.52. The van der Waals surface area contributed by atoms with E-state index >= 15 is 0 Å². The van der Waals surface area contributed by atoms with Crippen molar-refractivity contribution in [3.05, 3.63) is 29.0 Å². The Hall–Kier alpha value is -1.70. The van der Waals surface area contributed by atoms with Crippen LogP contribution in [0, 0.1) is 5.82 Å². The SMILES string of the molecule is CC(C)(C)NC(=O)CN1C2CC1CN(CC(=O)Nc1cc(Cl)ccc1F)C2. The minimum atomic E-state index is -0.509. The summed E-state index contributed by atoms with van der Waals surface area (Å²) in [5, 5.41) is 5.93. The van der Waals surface area contributed by atoms with Gasteiger partial charge in [-0.25, -0.2) is 4.39 Å². The molecule has 2 N–H and O–H groups in total. The summed E-state index contributed by atoms with van der Waals surface area (Å²) >= 11 is 5.85. The normalized spacial score (nSPS) is 22.9. The van der Waals surface area contributed by atoms with Crippen molar-refractivity contribution in [3.63, 3.8) is 0 Å². The van der Waals surface area contributed by atoms with Gasteiger partial charge in [0.25, 0.3) is 0 Å². The first kappa shape index (κ1) is 20.0. The van der Waals surface area contributed by atoms with Gasteiger partial charge in [0.2, 0.25) is 11.8 Å². The van der Waals surface area contributed by atoms with E-state index in [4.69, 9.17) is 11.6 Å². The van der Waals surface area contributed by atoms with Crippen molar-refractivity contribution < 1.29 is 14.0 Å². The number of amides is 2. The van der Waals surface area contributed by atoms with E-state index in [1.807, 2.05) is 20.8 Å². The maximum Gasteiger partial charge on any atom is 0.238 e. The summed E-state index contributed by atoms with van der Waals surface area (Å²) in [6, 6.07) is 4.64. The number of benzene rings is 1. The van der Waals surface area contributed by atoms with Crippen LogP contribution in [0.4, 0.5) is 10.1 Å². The topological polar surface area (TPSA) is 64.7 Å². The lowest BCUT2D eigenvalue weighted by Crippen LogP contribution is -2.70. The smallest absolute Gasteiger partial charge is 0.238 e. The van der Waals surface area contributed by atoms with Crippen molar-refractivity contribution >= 4 is 29.1 Å². The van der Waals surface area contributed by atoms with Gasteiger partial charge in [-0.2, -0.15) is 0 Å². The molecule has 0 aromatic heterocycles. The molecule has 2 bridgehead atoms. The van der Waals surface area contributed by atoms with Crippen molar-refractivity contribution in [2.75, 3.05) is 31.5 Å². The molecule has 8 heteroatoms. The van der Waals surface area contributed by atoms with Crippen LogP contribution >= 0.6 is 11.6 Å². The third kappa shape index (κ3) is 5.18. The molecule has 0 saturated carbocycles. The maximum atomic E-state index is 13.7. The van der Waals surface area contributed by atoms with E-state index in [0.717, 1.165) is 19.5 Å². The molecule has 3 aliphatic heterocycles. The second-order valence-corrected chi connectivity index (χ2v) is 8.82. The summed E-state index contributed by atoms with van der Waals surface area (Å²) in [7, 11) is 0. The highest BCUT2D eigenvalue weighted by atomic mass is 35.5. The van der Waals surface area contributed by atoms with Crippen molar-refractivity contribution in [2.45, 2.75) is 44.8 Å². The molecule has 148 valence electrons. The third-order valence-corrected chi connectivity index (χ3v) is 5.07. The van der Waals surface area contributed by atoms with Crippen LogP contribution in [0.5, 0.6) is 0 Å². The van der Waals surface area contributed by atoms with Crippen LogP contribution in [0.25, 0.3) is 0 Å². The number of rotatable bonds is 5. The van der Waals surface area contributed by atoms with Gasteiger partial charge in [-0.3, -0.25) is 19.4 Å². The van der Waals surface area contributed by atoms with Crippen LogP contribution in [0.2, 0.25) is 5.02 Å². The molecule has 3 saturated heterocycles. The van der Waals surface area contributed by atoms with Gasteiger partial charge >= 0.3 is 0 Å². The Morgan fingerprint density at radius 2 is 1.85 bits per heavy atom. The molecule has 4 rings (SSSR count). The predicted molar refractivity (Wildman–Crippen MR) is 103 cm³/mol. The van der Waals surface area contributed by atoms with Gasteiger partial charge in [0.05, 0.1) is 18.8 Å². The molecule has 1 aromatic carbocycles. The lowest BCUT2D eigenvalue weighted by Gasteiger charge is -2.56. The Kier molecular flexibility index (Phi) is 5.74. The second kappa shape index (κ2) is 7.73. The highest BCUT2D eigenvalue weighted by Gasteiger charge is 2.45. The number of nitrogens with one attached hydrogen (secondary N) is 2. The molecule has 2 unspecified atom stereocenters. The first-order valence-electron chi connectivity index (χ1n) is 9.15. The van der Waals surface area contributed by atoms with E-state index in [-0.39, 0.29) is 41.7 Å². The Morgan fingerprint density at radius 3 is 2.48 bits per heavy atom. The standard InChI is InChI=1S/C19H26ClFN4O2/c1-19(2,3)23-18(27)11-25-13-7-14(25)9-24(8-13)10-17(26)22-16-6-12(20)4-5-15(16)21/h4-6,13-14H,7-11H2,1-3H3,(H,22,26)(H,23,27). The van der Waals surface area contributed by atoms with Crippen molar-refractivity contribution in [2.24, 2.45) is 0 Å². The fourth-order valence-electron chi connectivity index (χ4n) is 3.77. The number of piperazine rings is 1. The lowest BCUT2D eigenvalue weighted by atomic mass is 9.87. The number of piperidine rings is 1. The zero-order valence-corrected chi connectivity index (χ0v) is 16.6. The molecule has 3 fully saturated rings. The van der Waals surface area contributed by atoms with E-state index in [0.29, 0.717) is 11.6 Å². The van der Waals surface area contributed by atoms with Crippen LogP contribution in [0.15, 0.2) is 18.2 Å². The van der Waals surface area contributed by atoms with Gasteiger partial charge in [0.15, 0.2) is 0 Å². The Balaban J connectivity index is 1.47. The first-order chi connectivity index (χ1) is 12.6. The van der Waals surface area contributed by atoms with Gasteiger partial charge in [0.1, 0.15) is 5.82 Å². The van der Waals surface area contributed by atoms with Crippen LogP contribution in [-0.4, -0.2) is 65.4 Å². The van der Waals surface area contributed by atoms with Crippen LogP contribution < -0.4 is 10.6 Å². The number of hydrogen-bond acceptors (Lipinski definition) is 4. The van der Waals surface area contributed by atoms with Crippen molar-refractivity contribution in [1.82, 2.24) is 15.1 Å². The number of nitrogens with zero attached hydrogens (tertiary/aromatic N) is 2. The molecule has 1 aromatic rings.